The zero-order valence-electron chi connectivity index (χ0n) is 24.0. The van der Waals surface area contributed by atoms with E-state index in [9.17, 15) is 8.42 Å². The molecule has 2 aromatic rings. The highest BCUT2D eigenvalue weighted by atomic mass is 32.2. The van der Waals surface area contributed by atoms with Crippen molar-refractivity contribution in [2.75, 3.05) is 13.2 Å². The first-order valence-electron chi connectivity index (χ1n) is 14.0. The van der Waals surface area contributed by atoms with E-state index < -0.39 is 23.1 Å². The van der Waals surface area contributed by atoms with Crippen LogP contribution in [0.25, 0.3) is 0 Å². The van der Waals surface area contributed by atoms with E-state index in [0.29, 0.717) is 19.6 Å². The van der Waals surface area contributed by atoms with Gasteiger partial charge in [0.15, 0.2) is 0 Å². The lowest BCUT2D eigenvalue weighted by Crippen LogP contribution is -2.66. The van der Waals surface area contributed by atoms with Crippen molar-refractivity contribution in [3.63, 3.8) is 0 Å². The number of benzene rings is 2. The molecule has 0 N–H and O–H groups in total. The average molecular weight is 552 g/mol. The predicted molar refractivity (Wildman–Crippen MR) is 162 cm³/mol. The minimum atomic E-state index is -3.48. The standard InChI is InChI=1S/C32H45NO3SSi/c1-31(2,3)37(34,35)33-25-26-17-11-7-8-16-22-29(26)30(33)23-24-36-38(32(4,5)6,27-18-12-9-13-19-27)28-20-14-10-15-21-28/h7-10,12-15,18-22,26,30H,11,16-17,23-25H2,1-6H3/b8-7-,29-22+/t26-,30+/m0/s1. The summed E-state index contributed by atoms with van der Waals surface area (Å²) in [6.07, 6.45) is 10.2. The lowest BCUT2D eigenvalue weighted by atomic mass is 9.90. The molecule has 1 aliphatic heterocycles. The molecule has 2 aliphatic rings. The van der Waals surface area contributed by atoms with E-state index >= 15 is 0 Å². The van der Waals surface area contributed by atoms with E-state index in [0.717, 1.165) is 19.3 Å². The Morgan fingerprint density at radius 2 is 1.47 bits per heavy atom. The fourth-order valence-corrected chi connectivity index (χ4v) is 12.4. The Morgan fingerprint density at radius 1 is 0.895 bits per heavy atom. The second-order valence-corrected chi connectivity index (χ2v) is 19.6. The van der Waals surface area contributed by atoms with E-state index in [1.807, 2.05) is 25.1 Å². The summed E-state index contributed by atoms with van der Waals surface area (Å²) in [7, 11) is -6.16. The molecular weight excluding hydrogens is 507 g/mol. The van der Waals surface area contributed by atoms with Gasteiger partial charge >= 0.3 is 0 Å². The topological polar surface area (TPSA) is 46.6 Å². The maximum Gasteiger partial charge on any atom is 0.261 e. The molecule has 2 atom stereocenters. The van der Waals surface area contributed by atoms with Crippen molar-refractivity contribution in [1.29, 1.82) is 0 Å². The van der Waals surface area contributed by atoms with Crippen LogP contribution in [0.5, 0.6) is 0 Å². The smallest absolute Gasteiger partial charge is 0.261 e. The molecule has 1 saturated heterocycles. The van der Waals surface area contributed by atoms with Crippen molar-refractivity contribution in [2.24, 2.45) is 5.92 Å². The molecule has 1 aliphatic carbocycles. The van der Waals surface area contributed by atoms with Gasteiger partial charge in [0.2, 0.25) is 10.0 Å². The van der Waals surface area contributed by atoms with E-state index in [1.54, 1.807) is 0 Å². The van der Waals surface area contributed by atoms with Crippen molar-refractivity contribution >= 4 is 28.7 Å². The molecule has 2 aromatic carbocycles. The number of nitrogens with zero attached hydrogens (tertiary/aromatic N) is 1. The predicted octanol–water partition coefficient (Wildman–Crippen LogP) is 6.05. The van der Waals surface area contributed by atoms with Gasteiger partial charge in [-0.2, -0.15) is 4.31 Å². The second-order valence-electron chi connectivity index (χ2n) is 12.7. The Labute approximate surface area is 232 Å². The summed E-state index contributed by atoms with van der Waals surface area (Å²) >= 11 is 0. The summed E-state index contributed by atoms with van der Waals surface area (Å²) in [4.78, 5) is 0. The average Bonchev–Trinajstić information content (AvgIpc) is 3.18. The van der Waals surface area contributed by atoms with E-state index in [4.69, 9.17) is 4.43 Å². The maximum absolute atomic E-state index is 13.8. The Hall–Kier alpha value is -1.99. The monoisotopic (exact) mass is 551 g/mol. The number of rotatable bonds is 7. The molecule has 1 fully saturated rings. The Kier molecular flexibility index (Phi) is 8.58. The summed E-state index contributed by atoms with van der Waals surface area (Å²) < 4.78 is 35.7. The normalized spacial score (nSPS) is 23.7. The van der Waals surface area contributed by atoms with Crippen molar-refractivity contribution < 1.29 is 12.8 Å². The number of hydrogen-bond donors (Lipinski definition) is 0. The highest BCUT2D eigenvalue weighted by molar-refractivity contribution is 7.90. The first-order chi connectivity index (χ1) is 17.9. The molecule has 0 amide bonds. The summed E-state index contributed by atoms with van der Waals surface area (Å²) in [6, 6.07) is 21.2. The van der Waals surface area contributed by atoms with Gasteiger partial charge in [0.1, 0.15) is 0 Å². The number of hydrogen-bond acceptors (Lipinski definition) is 3. The highest BCUT2D eigenvalue weighted by Gasteiger charge is 2.51. The van der Waals surface area contributed by atoms with Gasteiger partial charge in [-0.1, -0.05) is 105 Å². The molecule has 1 heterocycles. The van der Waals surface area contributed by atoms with Gasteiger partial charge < -0.3 is 4.43 Å². The van der Waals surface area contributed by atoms with Crippen molar-refractivity contribution in [2.45, 2.75) is 83.1 Å². The maximum atomic E-state index is 13.8. The minimum Gasteiger partial charge on any atom is -0.407 e. The van der Waals surface area contributed by atoms with Crippen LogP contribution < -0.4 is 10.4 Å². The van der Waals surface area contributed by atoms with Crippen molar-refractivity contribution in [3.8, 4) is 0 Å². The molecule has 38 heavy (non-hydrogen) atoms. The second kappa shape index (κ2) is 11.2. The lowest BCUT2D eigenvalue weighted by Gasteiger charge is -2.43. The zero-order valence-corrected chi connectivity index (χ0v) is 25.8. The molecular formula is C32H45NO3SSi. The molecule has 0 aromatic heterocycles. The third kappa shape index (κ3) is 5.51. The van der Waals surface area contributed by atoms with Crippen LogP contribution in [0, 0.1) is 5.92 Å². The third-order valence-electron chi connectivity index (χ3n) is 8.15. The molecule has 4 nitrogen and oxygen atoms in total. The van der Waals surface area contributed by atoms with Crippen LogP contribution in [-0.2, 0) is 14.4 Å². The van der Waals surface area contributed by atoms with Crippen LogP contribution in [0.2, 0.25) is 5.04 Å². The summed E-state index contributed by atoms with van der Waals surface area (Å²) in [5.41, 5.74) is 1.29. The van der Waals surface area contributed by atoms with E-state index in [-0.39, 0.29) is 17.0 Å². The molecule has 4 rings (SSSR count). The molecule has 0 radical (unpaired) electrons. The Bertz CT molecular complexity index is 1200. The van der Waals surface area contributed by atoms with Gasteiger partial charge in [0, 0.05) is 19.2 Å². The van der Waals surface area contributed by atoms with Crippen LogP contribution in [0.3, 0.4) is 0 Å². The van der Waals surface area contributed by atoms with Crippen molar-refractivity contribution in [1.82, 2.24) is 4.31 Å². The molecule has 206 valence electrons. The molecule has 0 saturated carbocycles. The van der Waals surface area contributed by atoms with Gasteiger partial charge in [-0.15, -0.1) is 0 Å². The van der Waals surface area contributed by atoms with Gasteiger partial charge in [0.25, 0.3) is 8.32 Å². The molecule has 0 spiro atoms. The van der Waals surface area contributed by atoms with Crippen LogP contribution in [0.1, 0.15) is 67.2 Å². The highest BCUT2D eigenvalue weighted by Crippen LogP contribution is 2.41. The van der Waals surface area contributed by atoms with Crippen LogP contribution in [-0.4, -0.2) is 45.0 Å². The summed E-state index contributed by atoms with van der Waals surface area (Å²) in [5.74, 6) is 0.273. The van der Waals surface area contributed by atoms with Gasteiger partial charge in [0.05, 0.1) is 4.75 Å². The Morgan fingerprint density at radius 3 is 2.00 bits per heavy atom. The lowest BCUT2D eigenvalue weighted by molar-refractivity contribution is 0.259. The molecule has 6 heteroatoms. The first-order valence-corrected chi connectivity index (χ1v) is 17.4. The minimum absolute atomic E-state index is 0.116. The fourth-order valence-electron chi connectivity index (χ4n) is 6.18. The Balaban J connectivity index is 1.71. The van der Waals surface area contributed by atoms with E-state index in [2.05, 4.69) is 99.7 Å². The molecule has 0 unspecified atom stereocenters. The van der Waals surface area contributed by atoms with E-state index in [1.165, 1.54) is 15.9 Å². The number of sulfonamides is 1. The zero-order chi connectivity index (χ0) is 27.6. The SMILES string of the molecule is CC(C)(C)[Si](OCC[C@@H]1/C2=C/C/C=C\CC[C@H]2CN1S(=O)(=O)C(C)(C)C)(c1ccccc1)c1ccccc1. The summed E-state index contributed by atoms with van der Waals surface area (Å²) in [6.45, 7) is 13.4. The van der Waals surface area contributed by atoms with Gasteiger partial charge in [-0.3, -0.25) is 0 Å². The van der Waals surface area contributed by atoms with Gasteiger partial charge in [-0.05, 0) is 67.8 Å². The largest absolute Gasteiger partial charge is 0.407 e. The quantitative estimate of drug-likeness (QED) is 0.311. The fraction of sp³-hybridized carbons (Fsp3) is 0.500. The van der Waals surface area contributed by atoms with Crippen LogP contribution in [0.15, 0.2) is 84.5 Å². The number of fused-ring (bicyclic) bond motifs is 1. The first kappa shape index (κ1) is 29.0. The van der Waals surface area contributed by atoms with Crippen LogP contribution >= 0.6 is 0 Å². The van der Waals surface area contributed by atoms with Gasteiger partial charge in [-0.25, -0.2) is 8.42 Å². The summed E-state index contributed by atoms with van der Waals surface area (Å²) in [5, 5.41) is 2.38. The van der Waals surface area contributed by atoms with Crippen molar-refractivity contribution in [3.05, 3.63) is 84.5 Å². The van der Waals surface area contributed by atoms with Crippen LogP contribution in [0.4, 0.5) is 0 Å². The third-order valence-corrected chi connectivity index (χ3v) is 15.8. The number of allylic oxidation sites excluding steroid dienone is 3. The molecule has 0 bridgehead atoms.